The number of carbonyl (C=O) groups is 2. The zero-order valence-electron chi connectivity index (χ0n) is 44.5. The van der Waals surface area contributed by atoms with Crippen LogP contribution in [0.15, 0.2) is 122 Å². The Morgan fingerprint density at radius 1 is 0.522 bits per heavy atom. The predicted molar refractivity (Wildman–Crippen MR) is 293 cm³/mol. The zero-order valence-corrected chi connectivity index (χ0v) is 45.4. The fourth-order valence-corrected chi connectivity index (χ4v) is 7.69. The number of phosphoric ester groups is 1. The molecule has 0 heterocycles. The van der Waals surface area contributed by atoms with E-state index in [-0.39, 0.29) is 25.4 Å². The molecular formula is C59H99N2O7P. The van der Waals surface area contributed by atoms with Crippen molar-refractivity contribution in [3.63, 3.8) is 0 Å². The molecule has 69 heavy (non-hydrogen) atoms. The second kappa shape index (κ2) is 48.1. The van der Waals surface area contributed by atoms with Crippen molar-refractivity contribution in [2.45, 2.75) is 200 Å². The van der Waals surface area contributed by atoms with Crippen LogP contribution in [0, 0.1) is 0 Å². The maximum Gasteiger partial charge on any atom is 0.306 e. The summed E-state index contributed by atoms with van der Waals surface area (Å²) in [5.41, 5.74) is 0. The molecule has 0 rings (SSSR count). The summed E-state index contributed by atoms with van der Waals surface area (Å²) >= 11 is 0. The van der Waals surface area contributed by atoms with Crippen molar-refractivity contribution in [1.29, 1.82) is 0 Å². The van der Waals surface area contributed by atoms with Crippen molar-refractivity contribution >= 4 is 19.7 Å². The highest BCUT2D eigenvalue weighted by atomic mass is 31.2. The fourth-order valence-electron chi connectivity index (χ4n) is 6.96. The van der Waals surface area contributed by atoms with Gasteiger partial charge in [-0.3, -0.25) is 14.2 Å². The smallest absolute Gasteiger partial charge is 0.306 e. The van der Waals surface area contributed by atoms with E-state index in [9.17, 15) is 19.0 Å². The van der Waals surface area contributed by atoms with Crippen LogP contribution in [-0.4, -0.2) is 69.4 Å². The molecular weight excluding hydrogens is 880 g/mol. The number of esters is 1. The second-order valence-corrected chi connectivity index (χ2v) is 20.2. The highest BCUT2D eigenvalue weighted by Crippen LogP contribution is 2.38. The number of phosphoric acid groups is 1. The largest absolute Gasteiger partial charge is 0.756 e. The van der Waals surface area contributed by atoms with Gasteiger partial charge in [-0.2, -0.15) is 0 Å². The molecule has 1 amide bonds. The number of hydrogen-bond acceptors (Lipinski definition) is 7. The Morgan fingerprint density at radius 3 is 1.41 bits per heavy atom. The Kier molecular flexibility index (Phi) is 45.6. The number of likely N-dealkylation sites (N-methyl/N-ethyl adjacent to an activating group) is 1. The topological polar surface area (TPSA) is 114 Å². The van der Waals surface area contributed by atoms with Crippen LogP contribution in [0.4, 0.5) is 0 Å². The van der Waals surface area contributed by atoms with Crippen LogP contribution in [0.1, 0.15) is 188 Å². The molecule has 0 radical (unpaired) electrons. The van der Waals surface area contributed by atoms with Gasteiger partial charge in [-0.15, -0.1) is 0 Å². The second-order valence-electron chi connectivity index (χ2n) is 18.8. The predicted octanol–water partition coefficient (Wildman–Crippen LogP) is 15.4. The van der Waals surface area contributed by atoms with Crippen molar-refractivity contribution in [3.05, 3.63) is 122 Å². The van der Waals surface area contributed by atoms with Crippen LogP contribution in [-0.2, 0) is 27.9 Å². The minimum Gasteiger partial charge on any atom is -0.756 e. The lowest BCUT2D eigenvalue weighted by Gasteiger charge is -2.30. The lowest BCUT2D eigenvalue weighted by molar-refractivity contribution is -0.870. The molecule has 0 aliphatic carbocycles. The molecule has 0 aromatic carbocycles. The van der Waals surface area contributed by atoms with Crippen LogP contribution in [0.2, 0.25) is 0 Å². The molecule has 3 unspecified atom stereocenters. The molecule has 10 heteroatoms. The van der Waals surface area contributed by atoms with Crippen molar-refractivity contribution in [3.8, 4) is 0 Å². The number of quaternary nitrogens is 1. The lowest BCUT2D eigenvalue weighted by atomic mass is 10.1. The number of rotatable bonds is 46. The van der Waals surface area contributed by atoms with E-state index in [1.165, 1.54) is 64.2 Å². The summed E-state index contributed by atoms with van der Waals surface area (Å²) in [6.07, 6.45) is 65.9. The first-order valence-corrected chi connectivity index (χ1v) is 28.4. The van der Waals surface area contributed by atoms with Gasteiger partial charge in [0.05, 0.1) is 33.8 Å². The molecule has 1 N–H and O–H groups in total. The summed E-state index contributed by atoms with van der Waals surface area (Å²) in [6, 6.07) is -0.920. The molecule has 0 bridgehead atoms. The van der Waals surface area contributed by atoms with E-state index in [1.54, 1.807) is 6.08 Å². The van der Waals surface area contributed by atoms with E-state index in [0.29, 0.717) is 23.9 Å². The number of allylic oxidation sites excluding steroid dienone is 19. The van der Waals surface area contributed by atoms with Crippen LogP contribution in [0.25, 0.3) is 0 Å². The third-order valence-electron chi connectivity index (χ3n) is 11.1. The Bertz CT molecular complexity index is 1600. The van der Waals surface area contributed by atoms with Crippen LogP contribution in [0.5, 0.6) is 0 Å². The standard InChI is InChI=1S/C59H99N2O7P/c1-7-10-13-16-19-22-25-27-29-30-32-34-37-40-43-46-49-52-59(63)68-57(50-47-44-41-38-35-24-21-18-15-12-9-3)56(55-67-69(64,65)66-54-53-61(4,5)6)60-58(62)51-48-45-42-39-36-33-31-28-26-23-20-17-14-11-8-2/h10-11,13-14,16-17,19-20,22-23,25-27,29-30,32,34,37,47,50,56-57H,7-9,12,15,18,21,24,28,31,33,35-36,38-46,48-49,51-55H2,1-6H3,(H-,60,62,64,65)/b13-10-,14-11+,19-16+,20-17+,25-22+,26-23+,29-27-,32-30+,37-34+,50-47+. The summed E-state index contributed by atoms with van der Waals surface area (Å²) in [4.78, 5) is 39.7. The van der Waals surface area contributed by atoms with E-state index < -0.39 is 32.5 Å². The van der Waals surface area contributed by atoms with Gasteiger partial charge in [0.25, 0.3) is 7.82 Å². The number of nitrogens with zero attached hydrogens (tertiary/aromatic N) is 1. The van der Waals surface area contributed by atoms with Gasteiger partial charge in [0, 0.05) is 12.8 Å². The van der Waals surface area contributed by atoms with Gasteiger partial charge in [-0.25, -0.2) is 0 Å². The first-order valence-electron chi connectivity index (χ1n) is 27.0. The van der Waals surface area contributed by atoms with Crippen LogP contribution in [0.3, 0.4) is 0 Å². The van der Waals surface area contributed by atoms with Gasteiger partial charge >= 0.3 is 5.97 Å². The van der Waals surface area contributed by atoms with E-state index in [1.807, 2.05) is 88.0 Å². The SMILES string of the molecule is CC\C=C/C=C/C=C/C=C\C=C\C=C\CCCCCC(=O)OC(/C=C/CCCCCCCCCCC)C(COP(=O)([O-])OCC[N+](C)(C)C)NC(=O)CCCCCCCCC/C=C/C=C/C=C/CC. The van der Waals surface area contributed by atoms with Gasteiger partial charge in [0.2, 0.25) is 5.91 Å². The normalized spacial score (nSPS) is 14.8. The number of amides is 1. The molecule has 0 aliphatic rings. The molecule has 0 spiro atoms. The van der Waals surface area contributed by atoms with Crippen LogP contribution < -0.4 is 10.2 Å². The molecule has 392 valence electrons. The molecule has 3 atom stereocenters. The number of nitrogens with one attached hydrogen (secondary N) is 1. The Hall–Kier alpha value is -3.59. The Balaban J connectivity index is 5.50. The third-order valence-corrected chi connectivity index (χ3v) is 12.1. The van der Waals surface area contributed by atoms with E-state index in [2.05, 4.69) is 74.7 Å². The quantitative estimate of drug-likeness (QED) is 0.0161. The fraction of sp³-hybridized carbons (Fsp3) is 0.627. The van der Waals surface area contributed by atoms with Crippen molar-refractivity contribution in [1.82, 2.24) is 5.32 Å². The van der Waals surface area contributed by atoms with Gasteiger partial charge in [0.15, 0.2) is 0 Å². The molecule has 0 aromatic rings. The van der Waals surface area contributed by atoms with E-state index >= 15 is 0 Å². The maximum atomic E-state index is 13.4. The lowest BCUT2D eigenvalue weighted by Crippen LogP contribution is -2.47. The van der Waals surface area contributed by atoms with Crippen molar-refractivity contribution in [2.24, 2.45) is 0 Å². The monoisotopic (exact) mass is 979 g/mol. The van der Waals surface area contributed by atoms with E-state index in [4.69, 9.17) is 13.8 Å². The maximum absolute atomic E-state index is 13.4. The molecule has 0 aliphatic heterocycles. The minimum atomic E-state index is -4.71. The average Bonchev–Trinajstić information content (AvgIpc) is 3.31. The van der Waals surface area contributed by atoms with Gasteiger partial charge < -0.3 is 28.5 Å². The highest BCUT2D eigenvalue weighted by molar-refractivity contribution is 7.45. The summed E-state index contributed by atoms with van der Waals surface area (Å²) in [5.74, 6) is -0.620. The summed E-state index contributed by atoms with van der Waals surface area (Å²) in [7, 11) is 1.12. The average molecular weight is 979 g/mol. The van der Waals surface area contributed by atoms with Crippen molar-refractivity contribution < 1.29 is 37.3 Å². The summed E-state index contributed by atoms with van der Waals surface area (Å²) in [5, 5.41) is 2.99. The van der Waals surface area contributed by atoms with Gasteiger partial charge in [-0.1, -0.05) is 226 Å². The number of hydrogen-bond donors (Lipinski definition) is 1. The molecule has 0 fully saturated rings. The number of carbonyl (C=O) groups excluding carboxylic acids is 2. The summed E-state index contributed by atoms with van der Waals surface area (Å²) < 4.78 is 30.1. The van der Waals surface area contributed by atoms with Gasteiger partial charge in [-0.05, 0) is 70.3 Å². The first kappa shape index (κ1) is 65.4. The molecule has 0 saturated carbocycles. The Morgan fingerprint density at radius 2 is 0.928 bits per heavy atom. The van der Waals surface area contributed by atoms with Crippen LogP contribution >= 0.6 is 7.82 Å². The highest BCUT2D eigenvalue weighted by Gasteiger charge is 2.27. The first-order chi connectivity index (χ1) is 33.4. The van der Waals surface area contributed by atoms with Crippen molar-refractivity contribution in [2.75, 3.05) is 40.9 Å². The zero-order chi connectivity index (χ0) is 50.8. The Labute approximate surface area is 423 Å². The molecule has 0 aromatic heterocycles. The minimum absolute atomic E-state index is 0.0398. The number of ether oxygens (including phenoxy) is 1. The molecule has 9 nitrogen and oxygen atoms in total. The van der Waals surface area contributed by atoms with Gasteiger partial charge in [0.1, 0.15) is 19.3 Å². The van der Waals surface area contributed by atoms with E-state index in [0.717, 1.165) is 77.0 Å². The number of unbranched alkanes of at least 4 members (excludes halogenated alkanes) is 19. The molecule has 0 saturated heterocycles. The third kappa shape index (κ3) is 49.2. The summed E-state index contributed by atoms with van der Waals surface area (Å²) in [6.45, 7) is 6.48.